The molecule has 0 spiro atoms. The van der Waals surface area contributed by atoms with Gasteiger partial charge in [-0.25, -0.2) is 0 Å². The zero-order valence-electron chi connectivity index (χ0n) is 6.22. The van der Waals surface area contributed by atoms with Crippen molar-refractivity contribution in [1.29, 1.82) is 0 Å². The quantitative estimate of drug-likeness (QED) is 0.421. The Morgan fingerprint density at radius 3 is 2.80 bits per heavy atom. The first-order valence-corrected chi connectivity index (χ1v) is 4.01. The maximum atomic E-state index is 5.19. The zero-order valence-corrected chi connectivity index (χ0v) is 7.03. The summed E-state index contributed by atoms with van der Waals surface area (Å²) in [6.07, 6.45) is 5.19. The number of rotatable bonds is 1. The van der Waals surface area contributed by atoms with Crippen molar-refractivity contribution < 1.29 is 4.57 Å². The van der Waals surface area contributed by atoms with Gasteiger partial charge in [0, 0.05) is 13.8 Å². The van der Waals surface area contributed by atoms with Crippen LogP contribution in [0.5, 0.6) is 0 Å². The third-order valence-corrected chi connectivity index (χ3v) is 2.48. The Morgan fingerprint density at radius 2 is 2.40 bits per heavy atom. The lowest BCUT2D eigenvalue weighted by Crippen LogP contribution is -2.36. The first kappa shape index (κ1) is 7.30. The van der Waals surface area contributed by atoms with Gasteiger partial charge in [-0.3, -0.25) is 0 Å². The molecule has 2 heteroatoms. The molecule has 1 heterocycles. The molecule has 0 fully saturated rings. The molecule has 0 aromatic carbocycles. The van der Waals surface area contributed by atoms with E-state index in [1.807, 2.05) is 0 Å². The second-order valence-electron chi connectivity index (χ2n) is 2.19. The van der Waals surface area contributed by atoms with Crippen molar-refractivity contribution in [1.82, 2.24) is 0 Å². The van der Waals surface area contributed by atoms with Crippen molar-refractivity contribution >= 4 is 11.3 Å². The van der Waals surface area contributed by atoms with Crippen molar-refractivity contribution in [3.63, 3.8) is 0 Å². The van der Waals surface area contributed by atoms with E-state index in [4.69, 9.17) is 6.42 Å². The highest BCUT2D eigenvalue weighted by molar-refractivity contribution is 7.09. The Morgan fingerprint density at radius 1 is 1.70 bits per heavy atom. The summed E-state index contributed by atoms with van der Waals surface area (Å²) in [5.74, 6) is 2.62. The van der Waals surface area contributed by atoms with E-state index in [2.05, 4.69) is 29.7 Å². The van der Waals surface area contributed by atoms with Crippen LogP contribution >= 0.6 is 11.3 Å². The van der Waals surface area contributed by atoms with Gasteiger partial charge in [-0.2, -0.15) is 4.57 Å². The normalized spacial score (nSPS) is 9.30. The van der Waals surface area contributed by atoms with Gasteiger partial charge in [-0.05, 0) is 5.92 Å². The van der Waals surface area contributed by atoms with Crippen LogP contribution in [-0.4, -0.2) is 0 Å². The Balaban J connectivity index is 3.01. The molecule has 1 aromatic heterocycles. The standard InChI is InChI=1S/C8H10NS/c1-4-5-9-7(2)6-10-8(9)3/h1,6H,5H2,2-3H3/q+1. The Hall–Kier alpha value is -0.810. The van der Waals surface area contributed by atoms with Gasteiger partial charge in [0.15, 0.2) is 5.69 Å². The van der Waals surface area contributed by atoms with Crippen molar-refractivity contribution in [2.24, 2.45) is 0 Å². The van der Waals surface area contributed by atoms with Crippen LogP contribution in [0.25, 0.3) is 0 Å². The molecule has 10 heavy (non-hydrogen) atoms. The minimum atomic E-state index is 0.696. The van der Waals surface area contributed by atoms with Crippen molar-refractivity contribution in [3.8, 4) is 12.3 Å². The fraction of sp³-hybridized carbons (Fsp3) is 0.375. The van der Waals surface area contributed by atoms with Crippen LogP contribution in [0.3, 0.4) is 0 Å². The number of hydrogen-bond donors (Lipinski definition) is 0. The van der Waals surface area contributed by atoms with Crippen LogP contribution in [-0.2, 0) is 6.54 Å². The highest BCUT2D eigenvalue weighted by atomic mass is 32.1. The highest BCUT2D eigenvalue weighted by Crippen LogP contribution is 2.03. The largest absolute Gasteiger partial charge is 0.235 e. The van der Waals surface area contributed by atoms with Gasteiger partial charge >= 0.3 is 0 Å². The fourth-order valence-electron chi connectivity index (χ4n) is 0.873. The van der Waals surface area contributed by atoms with E-state index in [0.29, 0.717) is 6.54 Å². The van der Waals surface area contributed by atoms with Crippen LogP contribution < -0.4 is 4.57 Å². The molecular weight excluding hydrogens is 142 g/mol. The van der Waals surface area contributed by atoms with Crippen LogP contribution in [0.1, 0.15) is 10.7 Å². The average Bonchev–Trinajstić information content (AvgIpc) is 2.20. The van der Waals surface area contributed by atoms with Gasteiger partial charge in [0.1, 0.15) is 0 Å². The summed E-state index contributed by atoms with van der Waals surface area (Å²) in [6.45, 7) is 4.84. The van der Waals surface area contributed by atoms with E-state index in [1.54, 1.807) is 11.3 Å². The second-order valence-corrected chi connectivity index (χ2v) is 3.25. The third-order valence-electron chi connectivity index (χ3n) is 1.46. The Kier molecular flexibility index (Phi) is 2.08. The lowest BCUT2D eigenvalue weighted by Gasteiger charge is -1.87. The van der Waals surface area contributed by atoms with E-state index in [9.17, 15) is 0 Å². The molecule has 52 valence electrons. The first-order chi connectivity index (χ1) is 4.75. The maximum Gasteiger partial charge on any atom is 0.235 e. The molecule has 0 unspecified atom stereocenters. The second kappa shape index (κ2) is 2.85. The van der Waals surface area contributed by atoms with E-state index in [0.717, 1.165) is 0 Å². The average molecular weight is 152 g/mol. The molecule has 0 saturated heterocycles. The number of aromatic nitrogens is 1. The summed E-state index contributed by atoms with van der Waals surface area (Å²) < 4.78 is 2.13. The zero-order chi connectivity index (χ0) is 7.56. The van der Waals surface area contributed by atoms with Gasteiger partial charge < -0.3 is 0 Å². The number of nitrogens with zero attached hydrogens (tertiary/aromatic N) is 1. The summed E-state index contributed by atoms with van der Waals surface area (Å²) in [5, 5.41) is 3.39. The fourth-order valence-corrected chi connectivity index (χ4v) is 1.68. The summed E-state index contributed by atoms with van der Waals surface area (Å²) in [7, 11) is 0. The third kappa shape index (κ3) is 1.19. The molecule has 0 aliphatic rings. The van der Waals surface area contributed by atoms with Crippen LogP contribution in [0.2, 0.25) is 0 Å². The molecule has 0 aliphatic heterocycles. The minimum Gasteiger partial charge on any atom is -0.179 e. The van der Waals surface area contributed by atoms with Crippen LogP contribution in [0.4, 0.5) is 0 Å². The Labute approximate surface area is 65.3 Å². The molecule has 0 radical (unpaired) electrons. The van der Waals surface area contributed by atoms with Crippen molar-refractivity contribution in [2.45, 2.75) is 20.4 Å². The van der Waals surface area contributed by atoms with Gasteiger partial charge in [-0.1, -0.05) is 11.3 Å². The lowest BCUT2D eigenvalue weighted by atomic mass is 10.5. The van der Waals surface area contributed by atoms with Crippen molar-refractivity contribution in [3.05, 3.63) is 16.1 Å². The lowest BCUT2D eigenvalue weighted by molar-refractivity contribution is -0.691. The summed E-state index contributed by atoms with van der Waals surface area (Å²) in [4.78, 5) is 0. The SMILES string of the molecule is C#CC[n+]1c(C)csc1C. The van der Waals surface area contributed by atoms with Gasteiger partial charge in [0.05, 0.1) is 5.38 Å². The molecule has 0 aliphatic carbocycles. The predicted molar refractivity (Wildman–Crippen MR) is 42.8 cm³/mol. The van der Waals surface area contributed by atoms with Crippen molar-refractivity contribution in [2.75, 3.05) is 0 Å². The number of aryl methyl sites for hydroxylation is 2. The summed E-state index contributed by atoms with van der Waals surface area (Å²) in [5.41, 5.74) is 1.25. The first-order valence-electron chi connectivity index (χ1n) is 3.13. The molecule has 1 nitrogen and oxygen atoms in total. The van der Waals surface area contributed by atoms with Crippen LogP contribution in [0, 0.1) is 26.2 Å². The van der Waals surface area contributed by atoms with Gasteiger partial charge in [0.2, 0.25) is 11.6 Å². The summed E-state index contributed by atoms with van der Waals surface area (Å²) in [6, 6.07) is 0. The molecule has 0 amide bonds. The number of terminal acetylenes is 1. The predicted octanol–water partition coefficient (Wildman–Crippen LogP) is 1.29. The van der Waals surface area contributed by atoms with Gasteiger partial charge in [0.25, 0.3) is 0 Å². The minimum absolute atomic E-state index is 0.696. The van der Waals surface area contributed by atoms with E-state index < -0.39 is 0 Å². The number of hydrogen-bond acceptors (Lipinski definition) is 1. The molecule has 0 N–H and O–H groups in total. The van der Waals surface area contributed by atoms with Gasteiger partial charge in [-0.15, -0.1) is 6.42 Å². The topological polar surface area (TPSA) is 3.88 Å². The molecule has 1 aromatic rings. The Bertz CT molecular complexity index is 248. The molecule has 0 saturated carbocycles. The number of thiazole rings is 1. The van der Waals surface area contributed by atoms with E-state index >= 15 is 0 Å². The monoisotopic (exact) mass is 152 g/mol. The molecular formula is C8H10NS+. The molecule has 1 rings (SSSR count). The van der Waals surface area contributed by atoms with Crippen LogP contribution in [0.15, 0.2) is 5.38 Å². The smallest absolute Gasteiger partial charge is 0.179 e. The van der Waals surface area contributed by atoms with E-state index in [1.165, 1.54) is 10.7 Å². The highest BCUT2D eigenvalue weighted by Gasteiger charge is 2.09. The van der Waals surface area contributed by atoms with E-state index in [-0.39, 0.29) is 0 Å². The molecule has 0 atom stereocenters. The molecule has 0 bridgehead atoms. The summed E-state index contributed by atoms with van der Waals surface area (Å²) >= 11 is 1.74. The maximum absolute atomic E-state index is 5.19.